The molecule has 2 N–H and O–H groups in total. The third kappa shape index (κ3) is 6.69. The zero-order valence-corrected chi connectivity index (χ0v) is 12.0. The van der Waals surface area contributed by atoms with Gasteiger partial charge in [-0.25, -0.2) is 9.13 Å². The quantitative estimate of drug-likeness (QED) is 0.624. The molecule has 0 saturated heterocycles. The van der Waals surface area contributed by atoms with Gasteiger partial charge in [0.15, 0.2) is 0 Å². The second kappa shape index (κ2) is 8.54. The Morgan fingerprint density at radius 3 is 2.65 bits per heavy atom. The van der Waals surface area contributed by atoms with Crippen LogP contribution in [-0.2, 0) is 13.1 Å². The Morgan fingerprint density at radius 1 is 1.35 bits per heavy atom. The van der Waals surface area contributed by atoms with Crippen molar-refractivity contribution in [3.63, 3.8) is 0 Å². The molecule has 0 aliphatic carbocycles. The van der Waals surface area contributed by atoms with Crippen molar-refractivity contribution in [2.24, 2.45) is 11.7 Å². The Labute approximate surface area is 111 Å². The Kier molecular flexibility index (Phi) is 8.26. The van der Waals surface area contributed by atoms with Crippen molar-refractivity contribution in [3.05, 3.63) is 18.7 Å². The fourth-order valence-electron chi connectivity index (χ4n) is 1.97. The molecule has 0 aliphatic rings. The fourth-order valence-corrected chi connectivity index (χ4v) is 1.97. The van der Waals surface area contributed by atoms with Gasteiger partial charge in [0.05, 0.1) is 6.54 Å². The zero-order valence-electron chi connectivity index (χ0n) is 11.3. The van der Waals surface area contributed by atoms with Gasteiger partial charge in [0, 0.05) is 6.04 Å². The smallest absolute Gasteiger partial charge is 0.243 e. The topological polar surface area (TPSA) is 34.8 Å². The molecule has 0 radical (unpaired) electrons. The van der Waals surface area contributed by atoms with Gasteiger partial charge in [-0.3, -0.25) is 0 Å². The molecule has 1 heterocycles. The van der Waals surface area contributed by atoms with Crippen molar-refractivity contribution in [3.8, 4) is 0 Å². The minimum absolute atomic E-state index is 0. The Hall–Kier alpha value is -0.540. The highest BCUT2D eigenvalue weighted by atomic mass is 35.5. The molecule has 3 nitrogen and oxygen atoms in total. The van der Waals surface area contributed by atoms with Crippen LogP contribution in [0, 0.1) is 5.92 Å². The summed E-state index contributed by atoms with van der Waals surface area (Å²) in [6, 6.07) is 0.270. The molecule has 1 rings (SSSR count). The normalized spacial score (nSPS) is 12.5. The van der Waals surface area contributed by atoms with Crippen LogP contribution in [0.4, 0.5) is 0 Å². The van der Waals surface area contributed by atoms with Gasteiger partial charge >= 0.3 is 0 Å². The first-order valence-electron chi connectivity index (χ1n) is 6.42. The summed E-state index contributed by atoms with van der Waals surface area (Å²) >= 11 is 0. The summed E-state index contributed by atoms with van der Waals surface area (Å²) in [7, 11) is 0. The predicted molar refractivity (Wildman–Crippen MR) is 67.0 cm³/mol. The van der Waals surface area contributed by atoms with Gasteiger partial charge in [-0.15, -0.1) is 0 Å². The number of aromatic nitrogens is 2. The molecule has 1 aromatic rings. The van der Waals surface area contributed by atoms with Gasteiger partial charge in [-0.2, -0.15) is 0 Å². The van der Waals surface area contributed by atoms with Gasteiger partial charge in [-0.1, -0.05) is 27.2 Å². The first-order chi connectivity index (χ1) is 7.61. The van der Waals surface area contributed by atoms with Crippen LogP contribution in [0.1, 0.15) is 40.0 Å². The van der Waals surface area contributed by atoms with E-state index in [1.165, 1.54) is 12.8 Å². The van der Waals surface area contributed by atoms with Gasteiger partial charge in [0.1, 0.15) is 18.9 Å². The number of unbranched alkanes of at least 4 members (excludes halogenated alkanes) is 1. The summed E-state index contributed by atoms with van der Waals surface area (Å²) in [6.45, 7) is 8.70. The summed E-state index contributed by atoms with van der Waals surface area (Å²) in [6.07, 6.45) is 9.99. The van der Waals surface area contributed by atoms with Crippen molar-refractivity contribution >= 4 is 0 Å². The van der Waals surface area contributed by atoms with Crippen LogP contribution in [-0.4, -0.2) is 10.6 Å². The van der Waals surface area contributed by atoms with Crippen molar-refractivity contribution < 1.29 is 17.0 Å². The lowest BCUT2D eigenvalue weighted by molar-refractivity contribution is -0.698. The molecular formula is C13H26ClN3. The molecule has 0 aliphatic heterocycles. The van der Waals surface area contributed by atoms with E-state index in [0.717, 1.165) is 19.5 Å². The Bertz CT molecular complexity index is 297. The maximum atomic E-state index is 6.09. The summed E-state index contributed by atoms with van der Waals surface area (Å²) in [5.74, 6) is 0.678. The molecule has 0 saturated carbocycles. The molecule has 0 fully saturated rings. The minimum atomic E-state index is 0. The highest BCUT2D eigenvalue weighted by Crippen LogP contribution is 2.02. The molecule has 100 valence electrons. The molecule has 1 aromatic heterocycles. The number of nitrogens with two attached hydrogens (primary N) is 1. The maximum absolute atomic E-state index is 6.09. The van der Waals surface area contributed by atoms with E-state index in [-0.39, 0.29) is 18.4 Å². The Balaban J connectivity index is 0.00000256. The van der Waals surface area contributed by atoms with Crippen LogP contribution >= 0.6 is 0 Å². The van der Waals surface area contributed by atoms with Crippen LogP contribution in [0.25, 0.3) is 0 Å². The van der Waals surface area contributed by atoms with Crippen LogP contribution in [0.15, 0.2) is 18.7 Å². The molecule has 0 unspecified atom stereocenters. The standard InChI is InChI=1S/C13H26N3.ClH/c1-4-5-6-15-7-8-16(11-15)10-13(14)9-12(2)3;/h7-8,11-13H,4-6,9-10,14H2,1-3H3;1H/q+1;/p-1/t13-;/m0./s1. The largest absolute Gasteiger partial charge is 1.00 e. The van der Waals surface area contributed by atoms with E-state index in [2.05, 4.69) is 48.6 Å². The number of nitrogens with zero attached hydrogens (tertiary/aromatic N) is 2. The van der Waals surface area contributed by atoms with E-state index in [1.807, 2.05) is 0 Å². The molecule has 1 atom stereocenters. The summed E-state index contributed by atoms with van der Waals surface area (Å²) in [4.78, 5) is 0. The number of imidazole rings is 1. The lowest BCUT2D eigenvalue weighted by Crippen LogP contribution is -3.00. The monoisotopic (exact) mass is 259 g/mol. The predicted octanol–water partition coefficient (Wildman–Crippen LogP) is -1.05. The van der Waals surface area contributed by atoms with Crippen LogP contribution in [0.5, 0.6) is 0 Å². The second-order valence-corrected chi connectivity index (χ2v) is 5.09. The second-order valence-electron chi connectivity index (χ2n) is 5.09. The van der Waals surface area contributed by atoms with Crippen molar-refractivity contribution in [2.75, 3.05) is 0 Å². The van der Waals surface area contributed by atoms with Crippen LogP contribution in [0.2, 0.25) is 0 Å². The SMILES string of the molecule is CCCCn1cc[n+](C[C@@H](N)CC(C)C)c1.[Cl-]. The third-order valence-corrected chi connectivity index (χ3v) is 2.74. The van der Waals surface area contributed by atoms with Crippen molar-refractivity contribution in [1.82, 2.24) is 4.57 Å². The zero-order chi connectivity index (χ0) is 12.0. The van der Waals surface area contributed by atoms with Crippen LogP contribution < -0.4 is 22.7 Å². The number of hydrogen-bond donors (Lipinski definition) is 1. The molecule has 4 heteroatoms. The van der Waals surface area contributed by atoms with Gasteiger partial charge < -0.3 is 18.1 Å². The summed E-state index contributed by atoms with van der Waals surface area (Å²) in [5.41, 5.74) is 6.09. The highest BCUT2D eigenvalue weighted by molar-refractivity contribution is 4.67. The molecule has 17 heavy (non-hydrogen) atoms. The van der Waals surface area contributed by atoms with Crippen LogP contribution in [0.3, 0.4) is 0 Å². The average molecular weight is 260 g/mol. The lowest BCUT2D eigenvalue weighted by atomic mass is 10.0. The first-order valence-corrected chi connectivity index (χ1v) is 6.42. The third-order valence-electron chi connectivity index (χ3n) is 2.74. The molecular weight excluding hydrogens is 234 g/mol. The molecule has 0 aromatic carbocycles. The van der Waals surface area contributed by atoms with Gasteiger partial charge in [0.25, 0.3) is 0 Å². The first kappa shape index (κ1) is 16.5. The van der Waals surface area contributed by atoms with Gasteiger partial charge in [0.2, 0.25) is 6.33 Å². The number of halogens is 1. The number of rotatable bonds is 7. The van der Waals surface area contributed by atoms with E-state index in [4.69, 9.17) is 5.73 Å². The van der Waals surface area contributed by atoms with E-state index < -0.39 is 0 Å². The van der Waals surface area contributed by atoms with Crippen molar-refractivity contribution in [1.29, 1.82) is 0 Å². The molecule has 0 amide bonds. The molecule has 0 bridgehead atoms. The lowest BCUT2D eigenvalue weighted by Gasteiger charge is -2.11. The molecule has 0 spiro atoms. The van der Waals surface area contributed by atoms with E-state index in [9.17, 15) is 0 Å². The van der Waals surface area contributed by atoms with E-state index in [0.29, 0.717) is 5.92 Å². The Morgan fingerprint density at radius 2 is 2.06 bits per heavy atom. The summed E-state index contributed by atoms with van der Waals surface area (Å²) < 4.78 is 4.44. The number of hydrogen-bond acceptors (Lipinski definition) is 1. The minimum Gasteiger partial charge on any atom is -1.00 e. The van der Waals surface area contributed by atoms with E-state index >= 15 is 0 Å². The number of aryl methyl sites for hydroxylation is 1. The van der Waals surface area contributed by atoms with Crippen molar-refractivity contribution in [2.45, 2.75) is 59.2 Å². The highest BCUT2D eigenvalue weighted by Gasteiger charge is 2.10. The van der Waals surface area contributed by atoms with Gasteiger partial charge in [-0.05, 0) is 18.8 Å². The summed E-state index contributed by atoms with van der Waals surface area (Å²) in [5, 5.41) is 0. The van der Waals surface area contributed by atoms with E-state index in [1.54, 1.807) is 0 Å². The maximum Gasteiger partial charge on any atom is 0.243 e. The average Bonchev–Trinajstić information content (AvgIpc) is 2.61. The fraction of sp³-hybridized carbons (Fsp3) is 0.769.